The van der Waals surface area contributed by atoms with Gasteiger partial charge in [0.1, 0.15) is 6.26 Å². The van der Waals surface area contributed by atoms with Crippen molar-refractivity contribution in [2.45, 2.75) is 19.5 Å². The molecule has 0 aromatic carbocycles. The van der Waals surface area contributed by atoms with Gasteiger partial charge >= 0.3 is 6.03 Å². The SMILES string of the molecule is CC(NC(=O)NCc1coc(-c2cccs2)n1)c1ccc(Cl)s1. The number of amides is 2. The summed E-state index contributed by atoms with van der Waals surface area (Å²) in [6.07, 6.45) is 1.55. The van der Waals surface area contributed by atoms with Crippen LogP contribution in [-0.2, 0) is 6.54 Å². The molecule has 23 heavy (non-hydrogen) atoms. The monoisotopic (exact) mass is 367 g/mol. The van der Waals surface area contributed by atoms with E-state index in [0.29, 0.717) is 22.5 Å². The minimum atomic E-state index is -0.261. The van der Waals surface area contributed by atoms with Gasteiger partial charge in [0, 0.05) is 4.88 Å². The number of hydrogen-bond donors (Lipinski definition) is 2. The van der Waals surface area contributed by atoms with Crippen LogP contribution < -0.4 is 10.6 Å². The number of hydrogen-bond acceptors (Lipinski definition) is 5. The zero-order valence-electron chi connectivity index (χ0n) is 12.2. The van der Waals surface area contributed by atoms with E-state index in [1.165, 1.54) is 11.3 Å². The van der Waals surface area contributed by atoms with E-state index >= 15 is 0 Å². The van der Waals surface area contributed by atoms with E-state index in [0.717, 1.165) is 9.75 Å². The Bertz CT molecular complexity index is 782. The summed E-state index contributed by atoms with van der Waals surface area (Å²) >= 11 is 8.91. The predicted octanol–water partition coefficient (Wildman–Crippen LogP) is 4.68. The Balaban J connectivity index is 1.51. The van der Waals surface area contributed by atoms with Crippen molar-refractivity contribution in [2.75, 3.05) is 0 Å². The van der Waals surface area contributed by atoms with Crippen LogP contribution in [0.25, 0.3) is 10.8 Å². The highest BCUT2D eigenvalue weighted by Gasteiger charge is 2.12. The normalized spacial score (nSPS) is 12.1. The molecular weight excluding hydrogens is 354 g/mol. The van der Waals surface area contributed by atoms with Crippen molar-refractivity contribution in [1.29, 1.82) is 0 Å². The fourth-order valence-electron chi connectivity index (χ4n) is 1.95. The zero-order valence-corrected chi connectivity index (χ0v) is 14.6. The maximum Gasteiger partial charge on any atom is 0.315 e. The van der Waals surface area contributed by atoms with E-state index in [-0.39, 0.29) is 12.1 Å². The summed E-state index contributed by atoms with van der Waals surface area (Å²) in [7, 11) is 0. The third-order valence-corrected chi connectivity index (χ3v) is 5.35. The number of carbonyl (C=O) groups excluding carboxylic acids is 1. The summed E-state index contributed by atoms with van der Waals surface area (Å²) in [6.45, 7) is 2.21. The molecule has 3 rings (SSSR count). The van der Waals surface area contributed by atoms with E-state index in [4.69, 9.17) is 16.0 Å². The van der Waals surface area contributed by atoms with Crippen molar-refractivity contribution in [3.63, 3.8) is 0 Å². The molecule has 3 aromatic rings. The van der Waals surface area contributed by atoms with Crippen molar-refractivity contribution in [1.82, 2.24) is 15.6 Å². The fourth-order valence-corrected chi connectivity index (χ4v) is 3.67. The van der Waals surface area contributed by atoms with Crippen LogP contribution in [0.1, 0.15) is 23.5 Å². The first-order valence-electron chi connectivity index (χ1n) is 6.89. The molecule has 0 bridgehead atoms. The van der Waals surface area contributed by atoms with Crippen molar-refractivity contribution in [2.24, 2.45) is 0 Å². The molecule has 1 unspecified atom stereocenters. The van der Waals surface area contributed by atoms with E-state index in [1.54, 1.807) is 17.6 Å². The molecule has 1 atom stereocenters. The molecule has 0 aliphatic rings. The van der Waals surface area contributed by atoms with Crippen molar-refractivity contribution in [3.05, 3.63) is 50.8 Å². The van der Waals surface area contributed by atoms with Gasteiger partial charge in [-0.05, 0) is 30.5 Å². The first-order chi connectivity index (χ1) is 11.1. The molecule has 120 valence electrons. The highest BCUT2D eigenvalue weighted by molar-refractivity contribution is 7.16. The maximum absolute atomic E-state index is 11.9. The molecule has 0 saturated heterocycles. The quantitative estimate of drug-likeness (QED) is 0.688. The number of carbonyl (C=O) groups is 1. The van der Waals surface area contributed by atoms with Gasteiger partial charge in [-0.1, -0.05) is 17.7 Å². The standard InChI is InChI=1S/C15H14ClN3O2S2/c1-9(11-4-5-13(16)23-11)18-15(20)17-7-10-8-21-14(19-10)12-3-2-6-22-12/h2-6,8-9H,7H2,1H3,(H2,17,18,20). The van der Waals surface area contributed by atoms with E-state index < -0.39 is 0 Å². The highest BCUT2D eigenvalue weighted by atomic mass is 35.5. The summed E-state index contributed by atoms with van der Waals surface area (Å²) in [4.78, 5) is 18.3. The summed E-state index contributed by atoms with van der Waals surface area (Å²) in [5.74, 6) is 0.568. The third kappa shape index (κ3) is 4.13. The van der Waals surface area contributed by atoms with E-state index in [9.17, 15) is 4.79 Å². The van der Waals surface area contributed by atoms with Gasteiger partial charge in [0.2, 0.25) is 5.89 Å². The predicted molar refractivity (Wildman–Crippen MR) is 92.9 cm³/mol. The topological polar surface area (TPSA) is 67.2 Å². The number of halogens is 1. The average molecular weight is 368 g/mol. The number of nitrogens with one attached hydrogen (secondary N) is 2. The van der Waals surface area contributed by atoms with Crippen LogP contribution in [0.2, 0.25) is 4.34 Å². The van der Waals surface area contributed by atoms with Gasteiger partial charge in [-0.3, -0.25) is 0 Å². The van der Waals surface area contributed by atoms with Gasteiger partial charge in [0.05, 0.1) is 27.5 Å². The lowest BCUT2D eigenvalue weighted by molar-refractivity contribution is 0.237. The molecule has 5 nitrogen and oxygen atoms in total. The molecule has 2 N–H and O–H groups in total. The molecule has 3 aromatic heterocycles. The fraction of sp³-hybridized carbons (Fsp3) is 0.200. The summed E-state index contributed by atoms with van der Waals surface area (Å²) in [5.41, 5.74) is 0.676. The van der Waals surface area contributed by atoms with Crippen LogP contribution in [0.3, 0.4) is 0 Å². The second kappa shape index (κ2) is 7.16. The molecule has 0 radical (unpaired) electrons. The van der Waals surface area contributed by atoms with Crippen molar-refractivity contribution >= 4 is 40.3 Å². The minimum Gasteiger partial charge on any atom is -0.443 e. The minimum absolute atomic E-state index is 0.105. The largest absolute Gasteiger partial charge is 0.443 e. The Hall–Kier alpha value is -1.83. The van der Waals surface area contributed by atoms with Gasteiger partial charge in [0.25, 0.3) is 0 Å². The molecule has 3 heterocycles. The maximum atomic E-state index is 11.9. The van der Waals surface area contributed by atoms with Gasteiger partial charge < -0.3 is 15.1 Å². The van der Waals surface area contributed by atoms with Gasteiger partial charge in [-0.25, -0.2) is 9.78 Å². The van der Waals surface area contributed by atoms with E-state index in [2.05, 4.69) is 15.6 Å². The zero-order chi connectivity index (χ0) is 16.2. The van der Waals surface area contributed by atoms with Crippen LogP contribution in [0.5, 0.6) is 0 Å². The van der Waals surface area contributed by atoms with Gasteiger partial charge in [-0.15, -0.1) is 22.7 Å². The lowest BCUT2D eigenvalue weighted by Crippen LogP contribution is -2.36. The lowest BCUT2D eigenvalue weighted by Gasteiger charge is -2.12. The number of urea groups is 1. The molecule has 0 spiro atoms. The van der Waals surface area contributed by atoms with Gasteiger partial charge in [-0.2, -0.15) is 0 Å². The van der Waals surface area contributed by atoms with Crippen LogP contribution in [-0.4, -0.2) is 11.0 Å². The number of oxazole rings is 1. The second-order valence-corrected chi connectivity index (χ2v) is 7.51. The summed E-state index contributed by atoms with van der Waals surface area (Å²) in [6, 6.07) is 7.23. The third-order valence-electron chi connectivity index (χ3n) is 3.08. The van der Waals surface area contributed by atoms with Crippen molar-refractivity contribution in [3.8, 4) is 10.8 Å². The number of nitrogens with zero attached hydrogens (tertiary/aromatic N) is 1. The molecule has 0 saturated carbocycles. The first kappa shape index (κ1) is 16.0. The number of rotatable bonds is 5. The van der Waals surface area contributed by atoms with Crippen LogP contribution in [0.15, 0.2) is 40.3 Å². The number of aromatic nitrogens is 1. The smallest absolute Gasteiger partial charge is 0.315 e. The van der Waals surface area contributed by atoms with E-state index in [1.807, 2.05) is 36.6 Å². The molecule has 0 aliphatic carbocycles. The molecule has 0 aliphatic heterocycles. The average Bonchev–Trinajstić information content (AvgIpc) is 3.26. The van der Waals surface area contributed by atoms with Crippen LogP contribution >= 0.6 is 34.3 Å². The lowest BCUT2D eigenvalue weighted by atomic mass is 10.3. The summed E-state index contributed by atoms with van der Waals surface area (Å²) in [5, 5.41) is 7.59. The Morgan fingerprint density at radius 1 is 1.43 bits per heavy atom. The Kier molecular flexibility index (Phi) is 5.00. The Morgan fingerprint density at radius 2 is 2.30 bits per heavy atom. The first-order valence-corrected chi connectivity index (χ1v) is 8.97. The Morgan fingerprint density at radius 3 is 3.00 bits per heavy atom. The molecule has 2 amide bonds. The van der Waals surface area contributed by atoms with Gasteiger partial charge in [0.15, 0.2) is 0 Å². The second-order valence-electron chi connectivity index (χ2n) is 4.81. The molecule has 8 heteroatoms. The molecule has 0 fully saturated rings. The number of thiophene rings is 2. The summed E-state index contributed by atoms with van der Waals surface area (Å²) < 4.78 is 6.12. The molecular formula is C15H14ClN3O2S2. The van der Waals surface area contributed by atoms with Crippen LogP contribution in [0, 0.1) is 0 Å². The Labute approximate surface area is 146 Å². The highest BCUT2D eigenvalue weighted by Crippen LogP contribution is 2.26. The van der Waals surface area contributed by atoms with Crippen molar-refractivity contribution < 1.29 is 9.21 Å². The van der Waals surface area contributed by atoms with Crippen LogP contribution in [0.4, 0.5) is 4.79 Å².